The van der Waals surface area contributed by atoms with Gasteiger partial charge in [-0.15, -0.1) is 0 Å². The molecule has 0 bridgehead atoms. The largest absolute Gasteiger partial charge is 0.508 e. The molecule has 0 spiro atoms. The fourth-order valence-electron chi connectivity index (χ4n) is 4.48. The highest BCUT2D eigenvalue weighted by Crippen LogP contribution is 2.21. The summed E-state index contributed by atoms with van der Waals surface area (Å²) < 4.78 is 0. The van der Waals surface area contributed by atoms with Crippen LogP contribution in [0.1, 0.15) is 57.9 Å². The van der Waals surface area contributed by atoms with Crippen molar-refractivity contribution in [1.29, 1.82) is 0 Å². The number of phenolic OH excluding ortho intramolecular Hbond substituents is 1. The van der Waals surface area contributed by atoms with Crippen molar-refractivity contribution in [3.8, 4) is 5.75 Å². The summed E-state index contributed by atoms with van der Waals surface area (Å²) in [5.74, 6) is -2.30. The molecule has 4 unspecified atom stereocenters. The predicted molar refractivity (Wildman–Crippen MR) is 138 cm³/mol. The number of carbonyl (C=O) groups excluding carboxylic acids is 3. The molecule has 4 atom stereocenters. The molecule has 0 aromatic heterocycles. The first-order valence-corrected chi connectivity index (χ1v) is 12.9. The van der Waals surface area contributed by atoms with Gasteiger partial charge in [0.2, 0.25) is 17.7 Å². The van der Waals surface area contributed by atoms with Gasteiger partial charge in [-0.3, -0.25) is 14.4 Å². The minimum absolute atomic E-state index is 0.0214. The highest BCUT2D eigenvalue weighted by atomic mass is 16.4. The van der Waals surface area contributed by atoms with Gasteiger partial charge in [-0.25, -0.2) is 4.79 Å². The number of benzene rings is 1. The molecule has 0 radical (unpaired) electrons. The lowest BCUT2D eigenvalue weighted by atomic mass is 10.0. The first-order chi connectivity index (χ1) is 17.5. The zero-order chi connectivity index (χ0) is 27.5. The maximum atomic E-state index is 13.5. The van der Waals surface area contributed by atoms with Gasteiger partial charge < -0.3 is 37.2 Å². The number of hydrogen-bond donors (Lipinski definition) is 6. The van der Waals surface area contributed by atoms with Crippen LogP contribution in [0, 0.1) is 5.92 Å². The van der Waals surface area contributed by atoms with Gasteiger partial charge in [-0.05, 0) is 68.7 Å². The Morgan fingerprint density at radius 1 is 1.08 bits per heavy atom. The van der Waals surface area contributed by atoms with E-state index in [1.54, 1.807) is 12.1 Å². The molecule has 1 aromatic rings. The Morgan fingerprint density at radius 2 is 1.76 bits per heavy atom. The van der Waals surface area contributed by atoms with E-state index in [1.165, 1.54) is 17.0 Å². The summed E-state index contributed by atoms with van der Waals surface area (Å²) in [7, 11) is 0. The number of amides is 3. The number of aliphatic carboxylic acids is 1. The Hall–Kier alpha value is -3.18. The molecule has 3 amide bonds. The molecule has 1 fully saturated rings. The van der Waals surface area contributed by atoms with Crippen LogP contribution in [0.5, 0.6) is 5.75 Å². The molecule has 0 saturated carbocycles. The summed E-state index contributed by atoms with van der Waals surface area (Å²) in [4.78, 5) is 52.6. The summed E-state index contributed by atoms with van der Waals surface area (Å²) >= 11 is 0. The van der Waals surface area contributed by atoms with E-state index in [0.717, 1.165) is 0 Å². The van der Waals surface area contributed by atoms with Gasteiger partial charge in [0.1, 0.15) is 23.9 Å². The van der Waals surface area contributed by atoms with E-state index in [2.05, 4.69) is 10.6 Å². The van der Waals surface area contributed by atoms with Gasteiger partial charge in [0.25, 0.3) is 0 Å². The fraction of sp³-hybridized carbons (Fsp3) is 0.615. The number of hydrogen-bond acceptors (Lipinski definition) is 7. The number of carbonyl (C=O) groups is 4. The SMILES string of the molecule is CC(C)CC(N)C(=O)NC(CCCCN)C(=O)N1CCCC1C(=O)NC(Cc1ccc(O)cc1)C(=O)O. The lowest BCUT2D eigenvalue weighted by molar-refractivity contribution is -0.145. The van der Waals surface area contributed by atoms with Crippen LogP contribution in [-0.4, -0.2) is 76.1 Å². The van der Waals surface area contributed by atoms with Gasteiger partial charge in [0.05, 0.1) is 6.04 Å². The van der Waals surface area contributed by atoms with Crippen molar-refractivity contribution >= 4 is 23.7 Å². The minimum atomic E-state index is -1.21. The average molecular weight is 520 g/mol. The quantitative estimate of drug-likeness (QED) is 0.191. The second-order valence-electron chi connectivity index (χ2n) is 10.0. The standard InChI is InChI=1S/C26H41N5O6/c1-16(2)14-19(28)23(33)29-20(6-3-4-12-27)25(35)31-13-5-7-22(31)24(34)30-21(26(36)37)15-17-8-10-18(32)11-9-17/h8-11,16,19-22,32H,3-7,12-15,27-28H2,1-2H3,(H,29,33)(H,30,34)(H,36,37). The third kappa shape index (κ3) is 9.32. The summed E-state index contributed by atoms with van der Waals surface area (Å²) in [5, 5.41) is 24.4. The van der Waals surface area contributed by atoms with E-state index in [1.807, 2.05) is 13.8 Å². The average Bonchev–Trinajstić information content (AvgIpc) is 3.33. The van der Waals surface area contributed by atoms with Crippen molar-refractivity contribution in [1.82, 2.24) is 15.5 Å². The number of nitrogens with two attached hydrogens (primary N) is 2. The number of nitrogens with zero attached hydrogens (tertiary/aromatic N) is 1. The normalized spacial score (nSPS) is 17.8. The Labute approximate surface area is 217 Å². The Balaban J connectivity index is 2.11. The number of unbranched alkanes of at least 4 members (excludes halogenated alkanes) is 1. The van der Waals surface area contributed by atoms with Crippen molar-refractivity contribution in [3.05, 3.63) is 29.8 Å². The third-order valence-corrected chi connectivity index (χ3v) is 6.45. The van der Waals surface area contributed by atoms with Gasteiger partial charge in [0.15, 0.2) is 0 Å². The second kappa shape index (κ2) is 14.5. The van der Waals surface area contributed by atoms with Crippen molar-refractivity contribution in [2.75, 3.05) is 13.1 Å². The number of carboxylic acid groups (broad SMARTS) is 1. The fourth-order valence-corrected chi connectivity index (χ4v) is 4.48. The Kier molecular flexibility index (Phi) is 11.8. The van der Waals surface area contributed by atoms with Crippen LogP contribution >= 0.6 is 0 Å². The van der Waals surface area contributed by atoms with Crippen molar-refractivity contribution in [3.63, 3.8) is 0 Å². The van der Waals surface area contributed by atoms with Crippen LogP contribution in [0.4, 0.5) is 0 Å². The number of likely N-dealkylation sites (tertiary alicyclic amines) is 1. The van der Waals surface area contributed by atoms with Crippen LogP contribution in [-0.2, 0) is 25.6 Å². The number of rotatable bonds is 14. The van der Waals surface area contributed by atoms with E-state index in [4.69, 9.17) is 11.5 Å². The highest BCUT2D eigenvalue weighted by Gasteiger charge is 2.39. The van der Waals surface area contributed by atoms with Crippen LogP contribution in [0.15, 0.2) is 24.3 Å². The topological polar surface area (TPSA) is 188 Å². The summed E-state index contributed by atoms with van der Waals surface area (Å²) in [6.07, 6.45) is 3.12. The Bertz CT molecular complexity index is 923. The number of aromatic hydroxyl groups is 1. The second-order valence-corrected chi connectivity index (χ2v) is 10.0. The molecule has 37 heavy (non-hydrogen) atoms. The molecule has 8 N–H and O–H groups in total. The summed E-state index contributed by atoms with van der Waals surface area (Å²) in [6, 6.07) is 2.41. The molecule has 2 rings (SSSR count). The lowest BCUT2D eigenvalue weighted by Crippen LogP contribution is -2.57. The lowest BCUT2D eigenvalue weighted by Gasteiger charge is -2.30. The van der Waals surface area contributed by atoms with E-state index >= 15 is 0 Å². The molecular weight excluding hydrogens is 478 g/mol. The maximum Gasteiger partial charge on any atom is 0.326 e. The molecule has 0 aliphatic carbocycles. The van der Waals surface area contributed by atoms with Gasteiger partial charge >= 0.3 is 5.97 Å². The van der Waals surface area contributed by atoms with E-state index in [-0.39, 0.29) is 24.0 Å². The van der Waals surface area contributed by atoms with E-state index < -0.39 is 42.0 Å². The smallest absolute Gasteiger partial charge is 0.326 e. The molecule has 1 aromatic carbocycles. The first-order valence-electron chi connectivity index (χ1n) is 12.9. The van der Waals surface area contributed by atoms with Crippen molar-refractivity contribution in [2.24, 2.45) is 17.4 Å². The van der Waals surface area contributed by atoms with E-state index in [9.17, 15) is 29.4 Å². The van der Waals surface area contributed by atoms with Gasteiger partial charge in [0, 0.05) is 13.0 Å². The highest BCUT2D eigenvalue weighted by molar-refractivity contribution is 5.94. The van der Waals surface area contributed by atoms with Gasteiger partial charge in [-0.1, -0.05) is 26.0 Å². The molecular formula is C26H41N5O6. The van der Waals surface area contributed by atoms with Crippen LogP contribution in [0.25, 0.3) is 0 Å². The first kappa shape index (κ1) is 30.0. The third-order valence-electron chi connectivity index (χ3n) is 6.45. The van der Waals surface area contributed by atoms with E-state index in [0.29, 0.717) is 57.2 Å². The molecule has 206 valence electrons. The minimum Gasteiger partial charge on any atom is -0.508 e. The molecule has 1 aliphatic heterocycles. The zero-order valence-corrected chi connectivity index (χ0v) is 21.7. The maximum absolute atomic E-state index is 13.5. The monoisotopic (exact) mass is 519 g/mol. The van der Waals surface area contributed by atoms with Crippen molar-refractivity contribution < 1.29 is 29.4 Å². The van der Waals surface area contributed by atoms with Crippen LogP contribution in [0.3, 0.4) is 0 Å². The zero-order valence-electron chi connectivity index (χ0n) is 21.7. The molecule has 1 aliphatic rings. The number of phenols is 1. The summed E-state index contributed by atoms with van der Waals surface area (Å²) in [5.41, 5.74) is 12.2. The number of carboxylic acids is 1. The van der Waals surface area contributed by atoms with Crippen molar-refractivity contribution in [2.45, 2.75) is 83.0 Å². The molecule has 1 heterocycles. The van der Waals surface area contributed by atoms with Crippen LogP contribution < -0.4 is 22.1 Å². The summed E-state index contributed by atoms with van der Waals surface area (Å²) in [6.45, 7) is 4.69. The molecule has 11 heteroatoms. The number of nitrogens with one attached hydrogen (secondary N) is 2. The van der Waals surface area contributed by atoms with Gasteiger partial charge in [-0.2, -0.15) is 0 Å². The van der Waals surface area contributed by atoms with Crippen LogP contribution in [0.2, 0.25) is 0 Å². The molecule has 11 nitrogen and oxygen atoms in total. The predicted octanol–water partition coefficient (Wildman–Crippen LogP) is 0.482. The molecule has 1 saturated heterocycles. The Morgan fingerprint density at radius 3 is 2.35 bits per heavy atom.